The molecule has 0 atom stereocenters. The van der Waals surface area contributed by atoms with Gasteiger partial charge in [0.25, 0.3) is 0 Å². The Bertz CT molecular complexity index is 580. The number of aryl methyl sites for hydroxylation is 2. The van der Waals surface area contributed by atoms with Crippen LogP contribution in [-0.2, 0) is 5.21 Å². The molecule has 0 radical (unpaired) electrons. The Kier molecular flexibility index (Phi) is 2.48. The molecule has 2 aromatic carbocycles. The number of fused-ring (bicyclic) bond motifs is 3. The van der Waals surface area contributed by atoms with Gasteiger partial charge in [-0.05, 0) is 41.3 Å². The summed E-state index contributed by atoms with van der Waals surface area (Å²) >= 11 is 0. The SMILES string of the molecule is BBC1(B)c2cc(C)ccc2-c2ccc(C)cc21. The Morgan fingerprint density at radius 2 is 1.33 bits per heavy atom. The van der Waals surface area contributed by atoms with Crippen molar-refractivity contribution in [3.63, 3.8) is 0 Å². The molecule has 0 aliphatic heterocycles. The molecule has 1 aliphatic rings. The molecule has 18 heavy (non-hydrogen) atoms. The molecule has 86 valence electrons. The van der Waals surface area contributed by atoms with Crippen molar-refractivity contribution in [1.82, 2.24) is 0 Å². The van der Waals surface area contributed by atoms with Crippen molar-refractivity contribution in [2.75, 3.05) is 0 Å². The van der Waals surface area contributed by atoms with Gasteiger partial charge in [0.15, 0.2) is 0 Å². The van der Waals surface area contributed by atoms with E-state index in [-0.39, 0.29) is 5.21 Å². The molecule has 0 spiro atoms. The van der Waals surface area contributed by atoms with E-state index in [1.165, 1.54) is 33.4 Å². The van der Waals surface area contributed by atoms with Crippen molar-refractivity contribution in [2.24, 2.45) is 0 Å². The summed E-state index contributed by atoms with van der Waals surface area (Å²) in [7, 11) is 5.83. The first kappa shape index (κ1) is 11.7. The Balaban J connectivity index is 2.37. The fraction of sp³-hybridized carbons (Fsp3) is 0.200. The average Bonchev–Trinajstić information content (AvgIpc) is 2.60. The fourth-order valence-corrected chi connectivity index (χ4v) is 3.22. The van der Waals surface area contributed by atoms with Crippen LogP contribution in [0.3, 0.4) is 0 Å². The smallest absolute Gasteiger partial charge is 0.0587 e. The predicted octanol–water partition coefficient (Wildman–Crippen LogP) is 1.10. The van der Waals surface area contributed by atoms with Gasteiger partial charge in [-0.2, -0.15) is 0 Å². The van der Waals surface area contributed by atoms with Gasteiger partial charge in [-0.1, -0.05) is 47.5 Å². The zero-order chi connectivity index (χ0) is 12.9. The monoisotopic (exact) mass is 230 g/mol. The Labute approximate surface area is 112 Å². The number of hydrogen-bond donors (Lipinski definition) is 0. The summed E-state index contributed by atoms with van der Waals surface area (Å²) in [6.07, 6.45) is 0. The summed E-state index contributed by atoms with van der Waals surface area (Å²) in [4.78, 5) is 0. The van der Waals surface area contributed by atoms with E-state index in [4.69, 9.17) is 0 Å². The molecule has 1 aliphatic carbocycles. The highest BCUT2D eigenvalue weighted by Gasteiger charge is 2.37. The van der Waals surface area contributed by atoms with Gasteiger partial charge >= 0.3 is 0 Å². The lowest BCUT2D eigenvalue weighted by atomic mass is 9.30. The largest absolute Gasteiger partial charge is 0.110 e. The zero-order valence-corrected chi connectivity index (χ0v) is 11.7. The summed E-state index contributed by atoms with van der Waals surface area (Å²) in [5, 5.41) is 0.183. The minimum Gasteiger partial charge on any atom is -0.0587 e. The van der Waals surface area contributed by atoms with Crippen LogP contribution in [0.1, 0.15) is 22.3 Å². The molecule has 0 aromatic heterocycles. The highest BCUT2D eigenvalue weighted by Crippen LogP contribution is 2.46. The molecule has 0 unspecified atom stereocenters. The molecule has 3 heteroatoms. The van der Waals surface area contributed by atoms with Crippen molar-refractivity contribution in [3.8, 4) is 11.1 Å². The van der Waals surface area contributed by atoms with E-state index >= 15 is 0 Å². The van der Waals surface area contributed by atoms with E-state index in [0.29, 0.717) is 0 Å². The van der Waals surface area contributed by atoms with Gasteiger partial charge in [-0.15, -0.1) is 0 Å². The van der Waals surface area contributed by atoms with Crippen LogP contribution < -0.4 is 0 Å². The highest BCUT2D eigenvalue weighted by atomic mass is 14.3. The van der Waals surface area contributed by atoms with Crippen molar-refractivity contribution in [2.45, 2.75) is 19.1 Å². The standard InChI is InChI=1S/C15H17B3/c1-9-3-5-11-12-6-4-10(2)8-14(12)15(16,18-17)13(11)7-9/h3-8,18H,16-17H2,1-2H3. The van der Waals surface area contributed by atoms with Crippen LogP contribution in [0.5, 0.6) is 0 Å². The lowest BCUT2D eigenvalue weighted by Gasteiger charge is -2.26. The van der Waals surface area contributed by atoms with Crippen LogP contribution in [0.2, 0.25) is 0 Å². The molecule has 0 saturated heterocycles. The van der Waals surface area contributed by atoms with Gasteiger partial charge in [0, 0.05) is 0 Å². The van der Waals surface area contributed by atoms with Crippen molar-refractivity contribution < 1.29 is 0 Å². The summed E-state index contributed by atoms with van der Waals surface area (Å²) in [6.45, 7) is 4.37. The van der Waals surface area contributed by atoms with Crippen LogP contribution in [0, 0.1) is 13.8 Å². The normalized spacial score (nSPS) is 15.0. The molecular weight excluding hydrogens is 213 g/mol. The number of rotatable bonds is 1. The molecule has 0 bridgehead atoms. The maximum absolute atomic E-state index is 2.39. The summed E-state index contributed by atoms with van der Waals surface area (Å²) < 4.78 is 0. The van der Waals surface area contributed by atoms with Crippen molar-refractivity contribution in [3.05, 3.63) is 58.7 Å². The van der Waals surface area contributed by atoms with Gasteiger partial charge in [-0.3, -0.25) is 0 Å². The lowest BCUT2D eigenvalue weighted by Crippen LogP contribution is -2.33. The van der Waals surface area contributed by atoms with E-state index in [9.17, 15) is 0 Å². The van der Waals surface area contributed by atoms with Crippen molar-refractivity contribution >= 4 is 22.8 Å². The van der Waals surface area contributed by atoms with Crippen molar-refractivity contribution in [1.29, 1.82) is 0 Å². The maximum Gasteiger partial charge on any atom is 0.110 e. The number of benzene rings is 2. The van der Waals surface area contributed by atoms with Gasteiger partial charge < -0.3 is 0 Å². The van der Waals surface area contributed by atoms with E-state index in [1.807, 2.05) is 0 Å². The minimum atomic E-state index is 0.183. The lowest BCUT2D eigenvalue weighted by molar-refractivity contribution is 1.07. The molecular formula is C15H17B3. The fourth-order valence-electron chi connectivity index (χ4n) is 3.22. The van der Waals surface area contributed by atoms with Crippen LogP contribution in [0.15, 0.2) is 36.4 Å². The zero-order valence-electron chi connectivity index (χ0n) is 11.7. The molecule has 2 aromatic rings. The second-order valence-corrected chi connectivity index (χ2v) is 5.78. The first-order valence-electron chi connectivity index (χ1n) is 6.79. The van der Waals surface area contributed by atoms with Gasteiger partial charge in [0.1, 0.15) is 7.85 Å². The molecule has 0 nitrogen and oxygen atoms in total. The summed E-state index contributed by atoms with van der Waals surface area (Å²) in [5.41, 5.74) is 8.59. The molecule has 0 heterocycles. The molecule has 0 amide bonds. The maximum atomic E-state index is 2.39. The minimum absolute atomic E-state index is 0.183. The Morgan fingerprint density at radius 1 is 0.889 bits per heavy atom. The Morgan fingerprint density at radius 3 is 1.72 bits per heavy atom. The summed E-state index contributed by atoms with van der Waals surface area (Å²) in [6, 6.07) is 13.8. The van der Waals surface area contributed by atoms with E-state index in [1.54, 1.807) is 0 Å². The third-order valence-electron chi connectivity index (χ3n) is 4.54. The third-order valence-corrected chi connectivity index (χ3v) is 4.54. The average molecular weight is 230 g/mol. The van der Waals surface area contributed by atoms with Gasteiger partial charge in [-0.25, -0.2) is 0 Å². The summed E-state index contributed by atoms with van der Waals surface area (Å²) in [5.74, 6) is 0. The van der Waals surface area contributed by atoms with Crippen LogP contribution in [0.4, 0.5) is 0 Å². The van der Waals surface area contributed by atoms with Gasteiger partial charge in [0.05, 0.1) is 14.9 Å². The van der Waals surface area contributed by atoms with E-state index < -0.39 is 0 Å². The topological polar surface area (TPSA) is 0 Å². The molecule has 0 fully saturated rings. The first-order chi connectivity index (χ1) is 8.56. The Hall–Kier alpha value is -1.37. The van der Waals surface area contributed by atoms with Crippen LogP contribution in [0.25, 0.3) is 11.1 Å². The highest BCUT2D eigenvalue weighted by molar-refractivity contribution is 6.95. The quantitative estimate of drug-likeness (QED) is 0.643. The van der Waals surface area contributed by atoms with E-state index in [2.05, 4.69) is 65.8 Å². The predicted molar refractivity (Wildman–Crippen MR) is 86.4 cm³/mol. The van der Waals surface area contributed by atoms with Gasteiger partial charge in [0.2, 0.25) is 0 Å². The molecule has 3 rings (SSSR count). The van der Waals surface area contributed by atoms with E-state index in [0.717, 1.165) is 7.17 Å². The number of hydrogen-bond acceptors (Lipinski definition) is 0. The second kappa shape index (κ2) is 3.81. The molecule has 0 saturated carbocycles. The second-order valence-electron chi connectivity index (χ2n) is 5.78. The molecule has 0 N–H and O–H groups in total. The first-order valence-corrected chi connectivity index (χ1v) is 6.79. The van der Waals surface area contributed by atoms with Crippen LogP contribution in [-0.4, -0.2) is 22.8 Å². The third kappa shape index (κ3) is 1.43. The van der Waals surface area contributed by atoms with Crippen LogP contribution >= 0.6 is 0 Å².